The SMILES string of the molecule is CC1(C)CN(CC2CCCO2)CC(CO)O1. The highest BCUT2D eigenvalue weighted by molar-refractivity contribution is 4.85. The first-order chi connectivity index (χ1) is 7.59. The number of aliphatic hydroxyl groups excluding tert-OH is 1. The number of nitrogens with zero attached hydrogens (tertiary/aromatic N) is 1. The van der Waals surface area contributed by atoms with E-state index >= 15 is 0 Å². The summed E-state index contributed by atoms with van der Waals surface area (Å²) < 4.78 is 11.4. The number of morpholine rings is 1. The predicted octanol–water partition coefficient (Wildman–Crippen LogP) is 0.637. The average molecular weight is 229 g/mol. The molecule has 2 saturated heterocycles. The van der Waals surface area contributed by atoms with Crippen LogP contribution in [0, 0.1) is 0 Å². The maximum Gasteiger partial charge on any atom is 0.0940 e. The second kappa shape index (κ2) is 5.00. The van der Waals surface area contributed by atoms with Crippen LogP contribution in [0.1, 0.15) is 26.7 Å². The van der Waals surface area contributed by atoms with E-state index in [-0.39, 0.29) is 18.3 Å². The van der Waals surface area contributed by atoms with Crippen LogP contribution in [0.25, 0.3) is 0 Å². The molecule has 2 rings (SSSR count). The van der Waals surface area contributed by atoms with E-state index < -0.39 is 0 Å². The molecule has 0 spiro atoms. The van der Waals surface area contributed by atoms with Crippen LogP contribution in [-0.2, 0) is 9.47 Å². The van der Waals surface area contributed by atoms with Crippen molar-refractivity contribution in [2.24, 2.45) is 0 Å². The Bertz CT molecular complexity index is 226. The molecule has 4 nitrogen and oxygen atoms in total. The van der Waals surface area contributed by atoms with Gasteiger partial charge in [-0.05, 0) is 26.7 Å². The first kappa shape index (κ1) is 12.3. The maximum atomic E-state index is 9.22. The molecule has 0 aromatic rings. The van der Waals surface area contributed by atoms with Crippen LogP contribution in [0.3, 0.4) is 0 Å². The molecule has 0 aliphatic carbocycles. The van der Waals surface area contributed by atoms with E-state index in [0.29, 0.717) is 6.10 Å². The van der Waals surface area contributed by atoms with Crippen molar-refractivity contribution in [2.45, 2.75) is 44.5 Å². The summed E-state index contributed by atoms with van der Waals surface area (Å²) in [5.41, 5.74) is -0.162. The summed E-state index contributed by atoms with van der Waals surface area (Å²) in [5.74, 6) is 0. The van der Waals surface area contributed by atoms with Gasteiger partial charge in [0.2, 0.25) is 0 Å². The smallest absolute Gasteiger partial charge is 0.0940 e. The second-order valence-electron chi connectivity index (χ2n) is 5.51. The second-order valence-corrected chi connectivity index (χ2v) is 5.51. The van der Waals surface area contributed by atoms with Crippen LogP contribution in [-0.4, -0.2) is 60.7 Å². The third-order valence-corrected chi connectivity index (χ3v) is 3.24. The minimum Gasteiger partial charge on any atom is -0.394 e. The molecule has 2 unspecified atom stereocenters. The normalized spacial score (nSPS) is 35.4. The quantitative estimate of drug-likeness (QED) is 0.771. The molecule has 2 aliphatic heterocycles. The number of aliphatic hydroxyl groups is 1. The molecule has 2 fully saturated rings. The lowest BCUT2D eigenvalue weighted by Crippen LogP contribution is -2.55. The summed E-state index contributed by atoms with van der Waals surface area (Å²) in [7, 11) is 0. The Morgan fingerprint density at radius 2 is 2.19 bits per heavy atom. The van der Waals surface area contributed by atoms with Crippen molar-refractivity contribution < 1.29 is 14.6 Å². The van der Waals surface area contributed by atoms with Gasteiger partial charge in [0.1, 0.15) is 0 Å². The molecule has 0 radical (unpaired) electrons. The van der Waals surface area contributed by atoms with Crippen LogP contribution >= 0.6 is 0 Å². The van der Waals surface area contributed by atoms with Crippen molar-refractivity contribution in [3.8, 4) is 0 Å². The highest BCUT2D eigenvalue weighted by Crippen LogP contribution is 2.22. The molecule has 94 valence electrons. The standard InChI is InChI=1S/C12H23NO3/c1-12(2)9-13(7-11(8-14)16-12)6-10-4-3-5-15-10/h10-11,14H,3-9H2,1-2H3. The highest BCUT2D eigenvalue weighted by Gasteiger charge is 2.34. The Hall–Kier alpha value is -0.160. The van der Waals surface area contributed by atoms with Crippen molar-refractivity contribution in [1.82, 2.24) is 4.90 Å². The molecule has 0 amide bonds. The summed E-state index contributed by atoms with van der Waals surface area (Å²) in [6.45, 7) is 7.88. The summed E-state index contributed by atoms with van der Waals surface area (Å²) in [4.78, 5) is 2.36. The summed E-state index contributed by atoms with van der Waals surface area (Å²) in [6, 6.07) is 0. The fourth-order valence-corrected chi connectivity index (χ4v) is 2.73. The van der Waals surface area contributed by atoms with Gasteiger partial charge in [0.25, 0.3) is 0 Å². The lowest BCUT2D eigenvalue weighted by molar-refractivity contribution is -0.153. The zero-order valence-electron chi connectivity index (χ0n) is 10.3. The van der Waals surface area contributed by atoms with E-state index in [1.165, 1.54) is 12.8 Å². The Balaban J connectivity index is 1.87. The van der Waals surface area contributed by atoms with Gasteiger partial charge in [0.15, 0.2) is 0 Å². The van der Waals surface area contributed by atoms with Crippen molar-refractivity contribution in [3.63, 3.8) is 0 Å². The van der Waals surface area contributed by atoms with Crippen LogP contribution in [0.15, 0.2) is 0 Å². The van der Waals surface area contributed by atoms with Gasteiger partial charge < -0.3 is 14.6 Å². The summed E-state index contributed by atoms with van der Waals surface area (Å²) in [5, 5.41) is 9.22. The van der Waals surface area contributed by atoms with Gasteiger partial charge in [-0.1, -0.05) is 0 Å². The van der Waals surface area contributed by atoms with Gasteiger partial charge in [0.05, 0.1) is 24.4 Å². The van der Waals surface area contributed by atoms with Crippen molar-refractivity contribution in [2.75, 3.05) is 32.8 Å². The number of hydrogen-bond donors (Lipinski definition) is 1. The largest absolute Gasteiger partial charge is 0.394 e. The van der Waals surface area contributed by atoms with Crippen LogP contribution in [0.2, 0.25) is 0 Å². The lowest BCUT2D eigenvalue weighted by Gasteiger charge is -2.43. The van der Waals surface area contributed by atoms with Crippen molar-refractivity contribution in [3.05, 3.63) is 0 Å². The molecule has 2 aliphatic rings. The van der Waals surface area contributed by atoms with E-state index in [1.807, 2.05) is 0 Å². The molecule has 0 saturated carbocycles. The van der Waals surface area contributed by atoms with E-state index in [2.05, 4.69) is 18.7 Å². The lowest BCUT2D eigenvalue weighted by atomic mass is 10.0. The van der Waals surface area contributed by atoms with Gasteiger partial charge in [-0.3, -0.25) is 4.90 Å². The van der Waals surface area contributed by atoms with Gasteiger partial charge in [-0.25, -0.2) is 0 Å². The molecule has 2 atom stereocenters. The van der Waals surface area contributed by atoms with E-state index in [1.54, 1.807) is 0 Å². The average Bonchev–Trinajstić information content (AvgIpc) is 2.67. The van der Waals surface area contributed by atoms with E-state index in [9.17, 15) is 5.11 Å². The summed E-state index contributed by atoms with van der Waals surface area (Å²) in [6.07, 6.45) is 2.68. The van der Waals surface area contributed by atoms with E-state index in [0.717, 1.165) is 26.2 Å². The molecular weight excluding hydrogens is 206 g/mol. The molecule has 0 aromatic carbocycles. The number of rotatable bonds is 3. The predicted molar refractivity (Wildman–Crippen MR) is 61.5 cm³/mol. The van der Waals surface area contributed by atoms with Gasteiger partial charge in [-0.15, -0.1) is 0 Å². The Morgan fingerprint density at radius 3 is 2.81 bits per heavy atom. The zero-order chi connectivity index (χ0) is 11.6. The Labute approximate surface area is 97.5 Å². The molecule has 4 heteroatoms. The zero-order valence-corrected chi connectivity index (χ0v) is 10.3. The number of ether oxygens (including phenoxy) is 2. The third kappa shape index (κ3) is 3.17. The third-order valence-electron chi connectivity index (χ3n) is 3.24. The number of hydrogen-bond acceptors (Lipinski definition) is 4. The van der Waals surface area contributed by atoms with Crippen molar-refractivity contribution >= 4 is 0 Å². The van der Waals surface area contributed by atoms with Gasteiger partial charge in [-0.2, -0.15) is 0 Å². The van der Waals surface area contributed by atoms with Crippen LogP contribution in [0.5, 0.6) is 0 Å². The van der Waals surface area contributed by atoms with Crippen LogP contribution < -0.4 is 0 Å². The van der Waals surface area contributed by atoms with Crippen molar-refractivity contribution in [1.29, 1.82) is 0 Å². The molecule has 2 heterocycles. The summed E-state index contributed by atoms with van der Waals surface area (Å²) >= 11 is 0. The van der Waals surface area contributed by atoms with Crippen LogP contribution in [0.4, 0.5) is 0 Å². The molecule has 0 aromatic heterocycles. The Morgan fingerprint density at radius 1 is 1.38 bits per heavy atom. The van der Waals surface area contributed by atoms with Gasteiger partial charge >= 0.3 is 0 Å². The monoisotopic (exact) mass is 229 g/mol. The minimum absolute atomic E-state index is 0.0508. The first-order valence-electron chi connectivity index (χ1n) is 6.22. The molecule has 0 bridgehead atoms. The fourth-order valence-electron chi connectivity index (χ4n) is 2.73. The molecular formula is C12H23NO3. The molecule has 1 N–H and O–H groups in total. The Kier molecular flexibility index (Phi) is 3.85. The minimum atomic E-state index is -0.162. The van der Waals surface area contributed by atoms with Gasteiger partial charge in [0, 0.05) is 26.2 Å². The molecule has 16 heavy (non-hydrogen) atoms. The maximum absolute atomic E-state index is 9.22. The first-order valence-corrected chi connectivity index (χ1v) is 6.22. The fraction of sp³-hybridized carbons (Fsp3) is 1.00. The highest BCUT2D eigenvalue weighted by atomic mass is 16.5. The van der Waals surface area contributed by atoms with E-state index in [4.69, 9.17) is 9.47 Å². The topological polar surface area (TPSA) is 41.9 Å².